The topological polar surface area (TPSA) is 30.5 Å². The van der Waals surface area contributed by atoms with E-state index in [-0.39, 0.29) is 5.60 Å². The zero-order valence-electron chi connectivity index (χ0n) is 13.4. The van der Waals surface area contributed by atoms with Gasteiger partial charge >= 0.3 is 0 Å². The van der Waals surface area contributed by atoms with Crippen LogP contribution in [-0.2, 0) is 0 Å². The van der Waals surface area contributed by atoms with Gasteiger partial charge in [-0.1, -0.05) is 13.8 Å². The van der Waals surface area contributed by atoms with E-state index in [0.717, 1.165) is 24.5 Å². The smallest absolute Gasteiger partial charge is 0.125 e. The van der Waals surface area contributed by atoms with Crippen LogP contribution in [0.5, 0.6) is 11.5 Å². The number of methoxy groups -OCH3 is 1. The molecule has 116 valence electrons. The lowest BCUT2D eigenvalue weighted by atomic mass is 9.85. The SMILES string of the molecule is COc1ccc2c(c1)C(NCC(C)C)CC1(CCCC1)O2. The Morgan fingerprint density at radius 3 is 2.76 bits per heavy atom. The van der Waals surface area contributed by atoms with Gasteiger partial charge in [-0.3, -0.25) is 0 Å². The van der Waals surface area contributed by atoms with Gasteiger partial charge in [0.05, 0.1) is 7.11 Å². The molecule has 1 spiro atoms. The van der Waals surface area contributed by atoms with Gasteiger partial charge in [0.1, 0.15) is 17.1 Å². The molecule has 1 unspecified atom stereocenters. The summed E-state index contributed by atoms with van der Waals surface area (Å²) >= 11 is 0. The molecule has 1 fully saturated rings. The minimum Gasteiger partial charge on any atom is -0.497 e. The van der Waals surface area contributed by atoms with Crippen molar-refractivity contribution in [3.05, 3.63) is 23.8 Å². The van der Waals surface area contributed by atoms with Crippen molar-refractivity contribution in [3.8, 4) is 11.5 Å². The standard InChI is InChI=1S/C18H27NO2/c1-13(2)12-19-16-11-18(8-4-5-9-18)21-17-7-6-14(20-3)10-15(16)17/h6-7,10,13,16,19H,4-5,8-9,11-12H2,1-3H3. The molecule has 1 aliphatic carbocycles. The summed E-state index contributed by atoms with van der Waals surface area (Å²) in [5.74, 6) is 2.61. The van der Waals surface area contributed by atoms with Crippen molar-refractivity contribution in [1.82, 2.24) is 5.32 Å². The highest BCUT2D eigenvalue weighted by atomic mass is 16.5. The normalized spacial score (nSPS) is 23.1. The number of rotatable bonds is 4. The molecule has 21 heavy (non-hydrogen) atoms. The minimum atomic E-state index is 0.0657. The summed E-state index contributed by atoms with van der Waals surface area (Å²) in [6, 6.07) is 6.60. The molecular weight excluding hydrogens is 262 g/mol. The van der Waals surface area contributed by atoms with Crippen molar-refractivity contribution in [2.24, 2.45) is 5.92 Å². The van der Waals surface area contributed by atoms with Crippen LogP contribution in [-0.4, -0.2) is 19.3 Å². The molecule has 3 heteroatoms. The highest BCUT2D eigenvalue weighted by molar-refractivity contribution is 5.44. The van der Waals surface area contributed by atoms with E-state index in [9.17, 15) is 0 Å². The predicted octanol–water partition coefficient (Wildman–Crippen LogP) is 4.08. The summed E-state index contributed by atoms with van der Waals surface area (Å²) in [6.45, 7) is 5.55. The summed E-state index contributed by atoms with van der Waals surface area (Å²) in [5, 5.41) is 3.74. The Morgan fingerprint density at radius 2 is 2.10 bits per heavy atom. The van der Waals surface area contributed by atoms with Gasteiger partial charge in [-0.05, 0) is 56.3 Å². The van der Waals surface area contributed by atoms with Crippen LogP contribution in [0.2, 0.25) is 0 Å². The Balaban J connectivity index is 1.89. The van der Waals surface area contributed by atoms with Crippen molar-refractivity contribution >= 4 is 0 Å². The fraction of sp³-hybridized carbons (Fsp3) is 0.667. The van der Waals surface area contributed by atoms with Crippen molar-refractivity contribution in [2.45, 2.75) is 57.6 Å². The monoisotopic (exact) mass is 289 g/mol. The summed E-state index contributed by atoms with van der Waals surface area (Å²) in [4.78, 5) is 0. The van der Waals surface area contributed by atoms with Crippen LogP contribution < -0.4 is 14.8 Å². The predicted molar refractivity (Wildman–Crippen MR) is 85.0 cm³/mol. The van der Waals surface area contributed by atoms with Crippen LogP contribution in [0, 0.1) is 5.92 Å². The summed E-state index contributed by atoms with van der Waals surface area (Å²) < 4.78 is 11.8. The number of ether oxygens (including phenoxy) is 2. The fourth-order valence-corrected chi connectivity index (χ4v) is 3.66. The lowest BCUT2D eigenvalue weighted by Gasteiger charge is -2.40. The molecule has 0 saturated heterocycles. The average molecular weight is 289 g/mol. The zero-order valence-corrected chi connectivity index (χ0v) is 13.4. The van der Waals surface area contributed by atoms with E-state index in [1.807, 2.05) is 6.07 Å². The van der Waals surface area contributed by atoms with Gasteiger partial charge in [-0.2, -0.15) is 0 Å². The third-order valence-corrected chi connectivity index (χ3v) is 4.78. The second-order valence-corrected chi connectivity index (χ2v) is 6.95. The first-order chi connectivity index (χ1) is 10.1. The summed E-state index contributed by atoms with van der Waals surface area (Å²) in [7, 11) is 1.72. The zero-order chi connectivity index (χ0) is 14.9. The maximum atomic E-state index is 6.42. The average Bonchev–Trinajstić information content (AvgIpc) is 2.92. The van der Waals surface area contributed by atoms with E-state index in [1.54, 1.807) is 7.11 Å². The molecule has 3 nitrogen and oxygen atoms in total. The highest BCUT2D eigenvalue weighted by Crippen LogP contribution is 2.47. The van der Waals surface area contributed by atoms with Crippen LogP contribution >= 0.6 is 0 Å². The first-order valence-electron chi connectivity index (χ1n) is 8.22. The molecule has 1 aromatic carbocycles. The van der Waals surface area contributed by atoms with Gasteiger partial charge < -0.3 is 14.8 Å². The van der Waals surface area contributed by atoms with Crippen molar-refractivity contribution in [1.29, 1.82) is 0 Å². The van der Waals surface area contributed by atoms with E-state index in [0.29, 0.717) is 12.0 Å². The Labute approximate surface area is 128 Å². The maximum absolute atomic E-state index is 6.42. The molecule has 0 radical (unpaired) electrons. The second kappa shape index (κ2) is 5.88. The third-order valence-electron chi connectivity index (χ3n) is 4.78. The molecule has 2 aliphatic rings. The van der Waals surface area contributed by atoms with Gasteiger partial charge in [0.25, 0.3) is 0 Å². The molecule has 1 aromatic rings. The van der Waals surface area contributed by atoms with Crippen LogP contribution in [0.4, 0.5) is 0 Å². The van der Waals surface area contributed by atoms with Crippen LogP contribution in [0.25, 0.3) is 0 Å². The molecule has 0 aromatic heterocycles. The van der Waals surface area contributed by atoms with Gasteiger partial charge in [-0.15, -0.1) is 0 Å². The van der Waals surface area contributed by atoms with Crippen LogP contribution in [0.1, 0.15) is 57.6 Å². The number of benzene rings is 1. The third kappa shape index (κ3) is 3.03. The highest BCUT2D eigenvalue weighted by Gasteiger charge is 2.43. The van der Waals surface area contributed by atoms with Crippen LogP contribution in [0.15, 0.2) is 18.2 Å². The molecule has 1 saturated carbocycles. The van der Waals surface area contributed by atoms with Gasteiger partial charge in [0, 0.05) is 18.0 Å². The second-order valence-electron chi connectivity index (χ2n) is 6.95. The number of hydrogen-bond acceptors (Lipinski definition) is 3. The van der Waals surface area contributed by atoms with E-state index in [1.165, 1.54) is 31.2 Å². The quantitative estimate of drug-likeness (QED) is 0.906. The van der Waals surface area contributed by atoms with E-state index < -0.39 is 0 Å². The van der Waals surface area contributed by atoms with Crippen LogP contribution in [0.3, 0.4) is 0 Å². The summed E-state index contributed by atoms with van der Waals surface area (Å²) in [6.07, 6.45) is 6.06. The minimum absolute atomic E-state index is 0.0657. The molecule has 3 rings (SSSR count). The van der Waals surface area contributed by atoms with E-state index >= 15 is 0 Å². The van der Waals surface area contributed by atoms with Gasteiger partial charge in [-0.25, -0.2) is 0 Å². The number of hydrogen-bond donors (Lipinski definition) is 1. The van der Waals surface area contributed by atoms with E-state index in [4.69, 9.17) is 9.47 Å². The molecule has 1 aliphatic heterocycles. The van der Waals surface area contributed by atoms with Gasteiger partial charge in [0.15, 0.2) is 0 Å². The van der Waals surface area contributed by atoms with E-state index in [2.05, 4.69) is 31.3 Å². The first-order valence-corrected chi connectivity index (χ1v) is 8.22. The Kier molecular flexibility index (Phi) is 4.12. The van der Waals surface area contributed by atoms with Gasteiger partial charge in [0.2, 0.25) is 0 Å². The molecule has 0 amide bonds. The number of nitrogens with one attached hydrogen (secondary N) is 1. The van der Waals surface area contributed by atoms with Crippen molar-refractivity contribution in [2.75, 3.05) is 13.7 Å². The molecule has 0 bridgehead atoms. The van der Waals surface area contributed by atoms with Crippen molar-refractivity contribution < 1.29 is 9.47 Å². The lowest BCUT2D eigenvalue weighted by molar-refractivity contribution is 0.0362. The summed E-state index contributed by atoms with van der Waals surface area (Å²) in [5.41, 5.74) is 1.32. The molecule has 1 N–H and O–H groups in total. The lowest BCUT2D eigenvalue weighted by Crippen LogP contribution is -2.42. The first kappa shape index (κ1) is 14.7. The Hall–Kier alpha value is -1.22. The Morgan fingerprint density at radius 1 is 1.33 bits per heavy atom. The largest absolute Gasteiger partial charge is 0.497 e. The maximum Gasteiger partial charge on any atom is 0.125 e. The van der Waals surface area contributed by atoms with Crippen molar-refractivity contribution in [3.63, 3.8) is 0 Å². The fourth-order valence-electron chi connectivity index (χ4n) is 3.66. The Bertz CT molecular complexity index is 492. The number of fused-ring (bicyclic) bond motifs is 1. The molecule has 1 atom stereocenters. The molecular formula is C18H27NO2. The molecule has 1 heterocycles.